The molecule has 0 aromatic carbocycles. The number of carboxylic acid groups (broad SMARTS) is 1. The molecule has 2 saturated heterocycles. The highest BCUT2D eigenvalue weighted by molar-refractivity contribution is 5.98. The number of aromatic nitrogens is 2. The van der Waals surface area contributed by atoms with Crippen LogP contribution in [0.25, 0.3) is 0 Å². The van der Waals surface area contributed by atoms with Gasteiger partial charge in [0.25, 0.3) is 0 Å². The van der Waals surface area contributed by atoms with E-state index in [1.807, 2.05) is 0 Å². The van der Waals surface area contributed by atoms with Crippen molar-refractivity contribution in [1.82, 2.24) is 14.7 Å². The van der Waals surface area contributed by atoms with Crippen LogP contribution >= 0.6 is 0 Å². The minimum atomic E-state index is -0.983. The van der Waals surface area contributed by atoms with Gasteiger partial charge in [-0.25, -0.2) is 0 Å². The molecule has 2 aliphatic heterocycles. The van der Waals surface area contributed by atoms with E-state index in [1.54, 1.807) is 33.9 Å². The molecule has 1 N–H and O–H groups in total. The number of rotatable bonds is 4. The average molecular weight is 306 g/mol. The SMILES string of the molecule is Cn1cc(N2C(=O)C[C@H]3[C@H]2CCN3C(=O)CCC(=O)O)cn1. The molecule has 1 aromatic heterocycles. The lowest BCUT2D eigenvalue weighted by Crippen LogP contribution is -2.40. The van der Waals surface area contributed by atoms with Crippen molar-refractivity contribution in [2.75, 3.05) is 11.4 Å². The first-order valence-electron chi connectivity index (χ1n) is 7.29. The predicted molar refractivity (Wildman–Crippen MR) is 76.1 cm³/mol. The Hall–Kier alpha value is -2.38. The summed E-state index contributed by atoms with van der Waals surface area (Å²) in [6, 6.07) is -0.195. The minimum absolute atomic E-state index is 0.0142. The highest BCUT2D eigenvalue weighted by Gasteiger charge is 2.48. The van der Waals surface area contributed by atoms with Crippen molar-refractivity contribution in [3.05, 3.63) is 12.4 Å². The fraction of sp³-hybridized carbons (Fsp3) is 0.571. The molecule has 0 radical (unpaired) electrons. The number of aryl methyl sites for hydroxylation is 1. The van der Waals surface area contributed by atoms with Gasteiger partial charge >= 0.3 is 5.97 Å². The second-order valence-electron chi connectivity index (χ2n) is 5.74. The molecule has 118 valence electrons. The summed E-state index contributed by atoms with van der Waals surface area (Å²) < 4.78 is 1.64. The van der Waals surface area contributed by atoms with Gasteiger partial charge in [0, 0.05) is 32.6 Å². The van der Waals surface area contributed by atoms with Crippen LogP contribution in [0.3, 0.4) is 0 Å². The second-order valence-corrected chi connectivity index (χ2v) is 5.74. The fourth-order valence-corrected chi connectivity index (χ4v) is 3.38. The topological polar surface area (TPSA) is 95.7 Å². The van der Waals surface area contributed by atoms with Gasteiger partial charge in [0.15, 0.2) is 0 Å². The highest BCUT2D eigenvalue weighted by atomic mass is 16.4. The van der Waals surface area contributed by atoms with Gasteiger partial charge in [-0.2, -0.15) is 5.10 Å². The Kier molecular flexibility index (Phi) is 3.59. The number of hydrogen-bond donors (Lipinski definition) is 1. The van der Waals surface area contributed by atoms with E-state index in [0.717, 1.165) is 5.69 Å². The van der Waals surface area contributed by atoms with Crippen LogP contribution in [0.2, 0.25) is 0 Å². The normalized spacial score (nSPS) is 24.0. The van der Waals surface area contributed by atoms with Crippen molar-refractivity contribution >= 4 is 23.5 Å². The van der Waals surface area contributed by atoms with Gasteiger partial charge in [-0.15, -0.1) is 0 Å². The zero-order valence-electron chi connectivity index (χ0n) is 12.3. The Balaban J connectivity index is 1.73. The summed E-state index contributed by atoms with van der Waals surface area (Å²) in [5.41, 5.74) is 0.750. The zero-order chi connectivity index (χ0) is 15.9. The van der Waals surface area contributed by atoms with Crippen LogP contribution in [-0.2, 0) is 21.4 Å². The summed E-state index contributed by atoms with van der Waals surface area (Å²) in [5, 5.41) is 12.8. The summed E-state index contributed by atoms with van der Waals surface area (Å²) in [6.45, 7) is 0.567. The number of amides is 2. The van der Waals surface area contributed by atoms with Crippen molar-refractivity contribution in [3.8, 4) is 0 Å². The third-order valence-electron chi connectivity index (χ3n) is 4.34. The van der Waals surface area contributed by atoms with Gasteiger partial charge in [-0.1, -0.05) is 0 Å². The lowest BCUT2D eigenvalue weighted by molar-refractivity contribution is -0.141. The number of nitrogens with zero attached hydrogens (tertiary/aromatic N) is 4. The number of aliphatic carboxylic acids is 1. The van der Waals surface area contributed by atoms with Crippen molar-refractivity contribution in [1.29, 1.82) is 0 Å². The summed E-state index contributed by atoms with van der Waals surface area (Å²) in [6.07, 6.45) is 4.25. The molecule has 8 nitrogen and oxygen atoms in total. The Labute approximate surface area is 127 Å². The van der Waals surface area contributed by atoms with E-state index in [4.69, 9.17) is 5.11 Å². The molecule has 3 rings (SSSR count). The Bertz CT molecular complexity index is 626. The fourth-order valence-electron chi connectivity index (χ4n) is 3.38. The molecular weight excluding hydrogens is 288 g/mol. The molecule has 1 aromatic rings. The van der Waals surface area contributed by atoms with E-state index in [9.17, 15) is 14.4 Å². The van der Waals surface area contributed by atoms with Gasteiger partial charge in [0.05, 0.1) is 30.4 Å². The van der Waals surface area contributed by atoms with Crippen LogP contribution in [0.1, 0.15) is 25.7 Å². The van der Waals surface area contributed by atoms with E-state index in [0.29, 0.717) is 19.4 Å². The zero-order valence-corrected chi connectivity index (χ0v) is 12.3. The number of carbonyl (C=O) groups excluding carboxylic acids is 2. The molecule has 0 spiro atoms. The van der Waals surface area contributed by atoms with Crippen molar-refractivity contribution < 1.29 is 19.5 Å². The molecule has 0 saturated carbocycles. The molecule has 2 amide bonds. The molecule has 2 fully saturated rings. The summed E-state index contributed by atoms with van der Waals surface area (Å²) in [7, 11) is 1.79. The molecule has 3 heterocycles. The predicted octanol–water partition coefficient (Wildman–Crippen LogP) is -0.00890. The smallest absolute Gasteiger partial charge is 0.303 e. The Morgan fingerprint density at radius 3 is 2.77 bits per heavy atom. The van der Waals surface area contributed by atoms with E-state index >= 15 is 0 Å². The number of hydrogen-bond acceptors (Lipinski definition) is 4. The molecule has 0 unspecified atom stereocenters. The van der Waals surface area contributed by atoms with Crippen LogP contribution in [0.5, 0.6) is 0 Å². The molecule has 2 aliphatic rings. The lowest BCUT2D eigenvalue weighted by atomic mass is 10.1. The quantitative estimate of drug-likeness (QED) is 0.844. The maximum absolute atomic E-state index is 12.3. The summed E-state index contributed by atoms with van der Waals surface area (Å²) in [4.78, 5) is 38.4. The summed E-state index contributed by atoms with van der Waals surface area (Å²) >= 11 is 0. The molecule has 2 atom stereocenters. The first-order chi connectivity index (χ1) is 10.5. The molecule has 22 heavy (non-hydrogen) atoms. The number of carbonyl (C=O) groups is 3. The number of anilines is 1. The lowest BCUT2D eigenvalue weighted by Gasteiger charge is -2.24. The Morgan fingerprint density at radius 2 is 2.14 bits per heavy atom. The van der Waals surface area contributed by atoms with Crippen molar-refractivity contribution in [2.24, 2.45) is 7.05 Å². The maximum atomic E-state index is 12.3. The van der Waals surface area contributed by atoms with Gasteiger partial charge in [0.1, 0.15) is 0 Å². The van der Waals surface area contributed by atoms with E-state index in [2.05, 4.69) is 5.10 Å². The van der Waals surface area contributed by atoms with Crippen LogP contribution in [-0.4, -0.2) is 56.2 Å². The number of carboxylic acids is 1. The molecule has 0 aliphatic carbocycles. The molecular formula is C14H18N4O4. The first kappa shape index (κ1) is 14.6. The van der Waals surface area contributed by atoms with E-state index in [1.165, 1.54) is 0 Å². The number of fused-ring (bicyclic) bond motifs is 1. The van der Waals surface area contributed by atoms with E-state index < -0.39 is 5.97 Å². The minimum Gasteiger partial charge on any atom is -0.481 e. The van der Waals surface area contributed by atoms with Crippen LogP contribution in [0, 0.1) is 0 Å². The van der Waals surface area contributed by atoms with Gasteiger partial charge in [-0.05, 0) is 6.42 Å². The van der Waals surface area contributed by atoms with Crippen molar-refractivity contribution in [2.45, 2.75) is 37.8 Å². The Morgan fingerprint density at radius 1 is 1.36 bits per heavy atom. The van der Waals surface area contributed by atoms with Crippen LogP contribution < -0.4 is 4.90 Å². The first-order valence-corrected chi connectivity index (χ1v) is 7.29. The van der Waals surface area contributed by atoms with Crippen LogP contribution in [0.4, 0.5) is 5.69 Å². The third kappa shape index (κ3) is 2.44. The maximum Gasteiger partial charge on any atom is 0.303 e. The second kappa shape index (κ2) is 5.43. The van der Waals surface area contributed by atoms with E-state index in [-0.39, 0.29) is 36.7 Å². The van der Waals surface area contributed by atoms with Gasteiger partial charge < -0.3 is 14.9 Å². The standard InChI is InChI=1S/C14H18N4O4/c1-16-8-9(7-15-16)18-10-4-5-17(11(10)6-13(18)20)12(19)2-3-14(21)22/h7-8,10-11H,2-6H2,1H3,(H,21,22)/t10-,11+/m1/s1. The monoisotopic (exact) mass is 306 g/mol. The molecule has 0 bridgehead atoms. The number of likely N-dealkylation sites (tertiary alicyclic amines) is 1. The molecule has 8 heteroatoms. The third-order valence-corrected chi connectivity index (χ3v) is 4.34. The van der Waals surface area contributed by atoms with Crippen molar-refractivity contribution in [3.63, 3.8) is 0 Å². The average Bonchev–Trinajstić information content (AvgIpc) is 3.11. The highest BCUT2D eigenvalue weighted by Crippen LogP contribution is 2.36. The van der Waals surface area contributed by atoms with Gasteiger partial charge in [0.2, 0.25) is 11.8 Å². The largest absolute Gasteiger partial charge is 0.481 e. The summed E-state index contributed by atoms with van der Waals surface area (Å²) in [5.74, 6) is -1.18. The van der Waals surface area contributed by atoms with Crippen LogP contribution in [0.15, 0.2) is 12.4 Å². The van der Waals surface area contributed by atoms with Gasteiger partial charge in [-0.3, -0.25) is 19.1 Å².